The molecule has 12 heavy (non-hydrogen) atoms. The smallest absolute Gasteiger partial charge is 0.309 e. The molecule has 1 saturated heterocycles. The molecule has 1 aliphatic heterocycles. The lowest BCUT2D eigenvalue weighted by Gasteiger charge is -2.09. The largest absolute Gasteiger partial charge is 0.461 e. The zero-order valence-corrected chi connectivity index (χ0v) is 7.73. The third-order valence-electron chi connectivity index (χ3n) is 2.21. The first-order valence-corrected chi connectivity index (χ1v) is 4.27. The summed E-state index contributed by atoms with van der Waals surface area (Å²) in [6.45, 7) is 1.83. The highest BCUT2D eigenvalue weighted by Gasteiger charge is 2.33. The quantitative estimate of drug-likeness (QED) is 0.654. The van der Waals surface area contributed by atoms with E-state index in [4.69, 9.17) is 4.74 Å². The Morgan fingerprint density at radius 3 is 2.58 bits per heavy atom. The Balaban J connectivity index is 0.000000720. The minimum Gasteiger partial charge on any atom is -0.461 e. The van der Waals surface area contributed by atoms with Gasteiger partial charge in [-0.15, -0.1) is 12.4 Å². The van der Waals surface area contributed by atoms with Crippen molar-refractivity contribution in [1.29, 1.82) is 0 Å². The van der Waals surface area contributed by atoms with Crippen LogP contribution in [-0.2, 0) is 9.53 Å². The normalized spacial score (nSPS) is 27.8. The van der Waals surface area contributed by atoms with Crippen LogP contribution in [0.15, 0.2) is 0 Å². The number of hydrogen-bond acceptors (Lipinski definition) is 3. The van der Waals surface area contributed by atoms with Crippen LogP contribution in [0, 0.1) is 5.92 Å². The molecule has 3 nitrogen and oxygen atoms in total. The van der Waals surface area contributed by atoms with E-state index in [0.29, 0.717) is 0 Å². The molecule has 0 radical (unpaired) electrons. The van der Waals surface area contributed by atoms with Crippen molar-refractivity contribution < 1.29 is 9.53 Å². The minimum absolute atomic E-state index is 0. The molecule has 2 fully saturated rings. The van der Waals surface area contributed by atoms with Crippen LogP contribution >= 0.6 is 12.4 Å². The van der Waals surface area contributed by atoms with Crippen molar-refractivity contribution in [3.05, 3.63) is 0 Å². The van der Waals surface area contributed by atoms with E-state index in [9.17, 15) is 4.79 Å². The van der Waals surface area contributed by atoms with Crippen molar-refractivity contribution in [3.8, 4) is 0 Å². The first-order valence-electron chi connectivity index (χ1n) is 4.27. The van der Waals surface area contributed by atoms with Crippen LogP contribution in [0.2, 0.25) is 0 Å². The lowest BCUT2D eigenvalue weighted by atomic mass is 10.3. The summed E-state index contributed by atoms with van der Waals surface area (Å²) in [5.74, 6) is 0.272. The van der Waals surface area contributed by atoms with Gasteiger partial charge in [-0.3, -0.25) is 4.79 Å². The highest BCUT2D eigenvalue weighted by Crippen LogP contribution is 2.30. The van der Waals surface area contributed by atoms with Crippen LogP contribution in [0.1, 0.15) is 19.3 Å². The topological polar surface area (TPSA) is 38.3 Å². The lowest BCUT2D eigenvalue weighted by Crippen LogP contribution is -2.21. The molecule has 1 aliphatic carbocycles. The number of esters is 1. The first kappa shape index (κ1) is 9.81. The molecule has 1 atom stereocenters. The fourth-order valence-corrected chi connectivity index (χ4v) is 1.31. The Labute approximate surface area is 78.3 Å². The SMILES string of the molecule is Cl.O=C(OC1CCNC1)C1CC1. The Bertz CT molecular complexity index is 164. The molecule has 0 aromatic rings. The maximum Gasteiger partial charge on any atom is 0.309 e. The van der Waals surface area contributed by atoms with Crippen molar-refractivity contribution in [3.63, 3.8) is 0 Å². The fraction of sp³-hybridized carbons (Fsp3) is 0.875. The molecule has 1 N–H and O–H groups in total. The first-order chi connectivity index (χ1) is 5.36. The van der Waals surface area contributed by atoms with E-state index >= 15 is 0 Å². The van der Waals surface area contributed by atoms with Gasteiger partial charge in [0.2, 0.25) is 0 Å². The third-order valence-corrected chi connectivity index (χ3v) is 2.21. The molecule has 2 rings (SSSR count). The van der Waals surface area contributed by atoms with Gasteiger partial charge in [0.1, 0.15) is 6.10 Å². The van der Waals surface area contributed by atoms with Crippen molar-refractivity contribution in [2.75, 3.05) is 13.1 Å². The summed E-state index contributed by atoms with van der Waals surface area (Å²) in [6.07, 6.45) is 3.22. The second-order valence-corrected chi connectivity index (χ2v) is 3.33. The zero-order valence-electron chi connectivity index (χ0n) is 6.91. The lowest BCUT2D eigenvalue weighted by molar-refractivity contribution is -0.149. The molecule has 2 aliphatic rings. The molecule has 70 valence electrons. The summed E-state index contributed by atoms with van der Waals surface area (Å²) in [7, 11) is 0. The van der Waals surface area contributed by atoms with Gasteiger partial charge in [0.05, 0.1) is 5.92 Å². The number of carbonyl (C=O) groups excluding carboxylic acids is 1. The number of rotatable bonds is 2. The number of ether oxygens (including phenoxy) is 1. The number of halogens is 1. The predicted molar refractivity (Wildman–Crippen MR) is 47.3 cm³/mol. The Kier molecular flexibility index (Phi) is 3.35. The van der Waals surface area contributed by atoms with Crippen LogP contribution in [0.3, 0.4) is 0 Å². The van der Waals surface area contributed by atoms with Gasteiger partial charge in [-0.2, -0.15) is 0 Å². The van der Waals surface area contributed by atoms with Gasteiger partial charge >= 0.3 is 5.97 Å². The molecule has 0 aromatic heterocycles. The highest BCUT2D eigenvalue weighted by molar-refractivity contribution is 5.85. The molecular formula is C8H14ClNO2. The van der Waals surface area contributed by atoms with Gasteiger partial charge in [-0.1, -0.05) is 0 Å². The van der Waals surface area contributed by atoms with E-state index in [1.807, 2.05) is 0 Å². The summed E-state index contributed by atoms with van der Waals surface area (Å²) in [6, 6.07) is 0. The summed E-state index contributed by atoms with van der Waals surface area (Å²) in [5.41, 5.74) is 0. The van der Waals surface area contributed by atoms with Gasteiger partial charge in [-0.25, -0.2) is 0 Å². The van der Waals surface area contributed by atoms with Crippen LogP contribution in [-0.4, -0.2) is 25.2 Å². The summed E-state index contributed by atoms with van der Waals surface area (Å²) >= 11 is 0. The number of hydrogen-bond donors (Lipinski definition) is 1. The third kappa shape index (κ3) is 2.35. The highest BCUT2D eigenvalue weighted by atomic mass is 35.5. The van der Waals surface area contributed by atoms with Crippen LogP contribution in [0.4, 0.5) is 0 Å². The Morgan fingerprint density at radius 2 is 2.08 bits per heavy atom. The van der Waals surface area contributed by atoms with E-state index in [1.165, 1.54) is 0 Å². The average Bonchev–Trinajstić information content (AvgIpc) is 2.73. The van der Waals surface area contributed by atoms with Gasteiger partial charge in [-0.05, 0) is 25.8 Å². The van der Waals surface area contributed by atoms with Crippen molar-refractivity contribution in [2.45, 2.75) is 25.4 Å². The van der Waals surface area contributed by atoms with Crippen molar-refractivity contribution in [2.24, 2.45) is 5.92 Å². The fourth-order valence-electron chi connectivity index (χ4n) is 1.31. The van der Waals surface area contributed by atoms with Crippen molar-refractivity contribution in [1.82, 2.24) is 5.32 Å². The molecule has 4 heteroatoms. The van der Waals surface area contributed by atoms with Crippen LogP contribution < -0.4 is 5.32 Å². The average molecular weight is 192 g/mol. The molecular weight excluding hydrogens is 178 g/mol. The molecule has 0 aromatic carbocycles. The van der Waals surface area contributed by atoms with E-state index in [0.717, 1.165) is 32.4 Å². The van der Waals surface area contributed by atoms with Gasteiger partial charge < -0.3 is 10.1 Å². The van der Waals surface area contributed by atoms with E-state index in [2.05, 4.69) is 5.32 Å². The predicted octanol–water partition coefficient (Wildman–Crippen LogP) is 0.723. The zero-order chi connectivity index (χ0) is 7.68. The monoisotopic (exact) mass is 191 g/mol. The molecule has 1 heterocycles. The second kappa shape index (κ2) is 4.10. The standard InChI is InChI=1S/C8H13NO2.ClH/c10-8(6-1-2-6)11-7-3-4-9-5-7;/h6-7,9H,1-5H2;1H. The number of carbonyl (C=O) groups is 1. The Hall–Kier alpha value is -0.280. The van der Waals surface area contributed by atoms with Gasteiger partial charge in [0.25, 0.3) is 0 Å². The summed E-state index contributed by atoms with van der Waals surface area (Å²) < 4.78 is 5.23. The molecule has 0 amide bonds. The maximum atomic E-state index is 11.1. The van der Waals surface area contributed by atoms with Crippen LogP contribution in [0.5, 0.6) is 0 Å². The minimum atomic E-state index is 0. The number of nitrogens with one attached hydrogen (secondary N) is 1. The molecule has 1 saturated carbocycles. The summed E-state index contributed by atoms with van der Waals surface area (Å²) in [5, 5.41) is 3.16. The van der Waals surface area contributed by atoms with Gasteiger partial charge in [0, 0.05) is 6.54 Å². The van der Waals surface area contributed by atoms with Gasteiger partial charge in [0.15, 0.2) is 0 Å². The molecule has 0 spiro atoms. The van der Waals surface area contributed by atoms with Crippen LogP contribution in [0.25, 0.3) is 0 Å². The van der Waals surface area contributed by atoms with Crippen molar-refractivity contribution >= 4 is 18.4 Å². The molecule has 0 bridgehead atoms. The summed E-state index contributed by atoms with van der Waals surface area (Å²) in [4.78, 5) is 11.1. The van der Waals surface area contributed by atoms with E-state index in [-0.39, 0.29) is 30.4 Å². The van der Waals surface area contributed by atoms with E-state index in [1.54, 1.807) is 0 Å². The van der Waals surface area contributed by atoms with E-state index < -0.39 is 0 Å². The maximum absolute atomic E-state index is 11.1. The second-order valence-electron chi connectivity index (χ2n) is 3.33. The Morgan fingerprint density at radius 1 is 1.33 bits per heavy atom. The molecule has 1 unspecified atom stereocenters.